The van der Waals surface area contributed by atoms with Crippen LogP contribution in [0.4, 0.5) is 4.79 Å². The van der Waals surface area contributed by atoms with Gasteiger partial charge in [0.05, 0.1) is 25.3 Å². The van der Waals surface area contributed by atoms with Gasteiger partial charge in [-0.15, -0.1) is 22.7 Å². The minimum Gasteiger partial charge on any atom is -0.444 e. The Hall–Kier alpha value is -1.66. The fourth-order valence-corrected chi connectivity index (χ4v) is 6.02. The van der Waals surface area contributed by atoms with Gasteiger partial charge >= 0.3 is 6.09 Å². The van der Waals surface area contributed by atoms with E-state index in [2.05, 4.69) is 43.8 Å². The molecule has 3 rings (SSSR count). The van der Waals surface area contributed by atoms with Crippen LogP contribution in [0.5, 0.6) is 0 Å². The molecule has 0 aliphatic carbocycles. The molecule has 3 heterocycles. The summed E-state index contributed by atoms with van der Waals surface area (Å²) in [6, 6.07) is -0.416. The minimum absolute atomic E-state index is 0.106. The van der Waals surface area contributed by atoms with Gasteiger partial charge < -0.3 is 13.9 Å². The SMILES string of the molecule is CC(C)(C)OC(=O)N1[C@H](c2nc(C(=O)Cc3nc(CO[Si](C)(C)C(C)(C)C)cs3)cs2)COC1(C)C. The van der Waals surface area contributed by atoms with Gasteiger partial charge in [-0.05, 0) is 52.8 Å². The average molecular weight is 554 g/mol. The van der Waals surface area contributed by atoms with Gasteiger partial charge in [0.1, 0.15) is 33.1 Å². The molecule has 1 aliphatic rings. The third kappa shape index (κ3) is 6.80. The fraction of sp³-hybridized carbons (Fsp3) is 0.680. The summed E-state index contributed by atoms with van der Waals surface area (Å²) in [4.78, 5) is 36.7. The molecule has 11 heteroatoms. The van der Waals surface area contributed by atoms with E-state index in [9.17, 15) is 9.59 Å². The van der Waals surface area contributed by atoms with E-state index in [1.165, 1.54) is 22.7 Å². The Kier molecular flexibility index (Phi) is 8.22. The molecule has 8 nitrogen and oxygen atoms in total. The van der Waals surface area contributed by atoms with Crippen molar-refractivity contribution in [3.8, 4) is 0 Å². The molecule has 0 radical (unpaired) electrons. The molecular formula is C25H39N3O5S2Si. The van der Waals surface area contributed by atoms with E-state index < -0.39 is 31.8 Å². The number of hydrogen-bond donors (Lipinski definition) is 0. The van der Waals surface area contributed by atoms with Gasteiger partial charge in [0, 0.05) is 10.8 Å². The van der Waals surface area contributed by atoms with Gasteiger partial charge in [0.25, 0.3) is 0 Å². The van der Waals surface area contributed by atoms with Crippen LogP contribution < -0.4 is 0 Å². The van der Waals surface area contributed by atoms with Crippen LogP contribution in [0.3, 0.4) is 0 Å². The van der Waals surface area contributed by atoms with Gasteiger partial charge in [0.2, 0.25) is 0 Å². The molecule has 0 unspecified atom stereocenters. The minimum atomic E-state index is -1.87. The molecule has 0 N–H and O–H groups in total. The third-order valence-corrected chi connectivity index (χ3v) is 12.8. The van der Waals surface area contributed by atoms with Gasteiger partial charge in [-0.25, -0.2) is 14.8 Å². The highest BCUT2D eigenvalue weighted by Crippen LogP contribution is 2.39. The van der Waals surface area contributed by atoms with E-state index in [1.54, 1.807) is 10.3 Å². The van der Waals surface area contributed by atoms with E-state index in [1.807, 2.05) is 40.0 Å². The second-order valence-electron chi connectivity index (χ2n) is 12.1. The van der Waals surface area contributed by atoms with Gasteiger partial charge in [-0.1, -0.05) is 20.8 Å². The molecule has 2 aromatic rings. The first-order valence-electron chi connectivity index (χ1n) is 12.1. The van der Waals surface area contributed by atoms with Crippen LogP contribution in [-0.2, 0) is 26.9 Å². The molecule has 0 spiro atoms. The average Bonchev–Trinajstić information content (AvgIpc) is 3.42. The molecule has 1 saturated heterocycles. The van der Waals surface area contributed by atoms with E-state index in [4.69, 9.17) is 13.9 Å². The summed E-state index contributed by atoms with van der Waals surface area (Å²) in [5.74, 6) is -0.106. The van der Waals surface area contributed by atoms with E-state index in [-0.39, 0.29) is 23.8 Å². The number of aromatic nitrogens is 2. The van der Waals surface area contributed by atoms with Gasteiger partial charge in [0.15, 0.2) is 14.1 Å². The number of ketones is 1. The number of hydrogen-bond acceptors (Lipinski definition) is 9. The molecule has 36 heavy (non-hydrogen) atoms. The first kappa shape index (κ1) is 28.9. The quantitative estimate of drug-likeness (QED) is 0.282. The lowest BCUT2D eigenvalue weighted by Crippen LogP contribution is -2.47. The number of carbonyl (C=O) groups is 2. The number of amides is 1. The molecule has 1 aliphatic heterocycles. The Balaban J connectivity index is 1.67. The molecular weight excluding hydrogens is 515 g/mol. The second kappa shape index (κ2) is 10.2. The second-order valence-corrected chi connectivity index (χ2v) is 18.7. The third-order valence-electron chi connectivity index (χ3n) is 6.47. The lowest BCUT2D eigenvalue weighted by Gasteiger charge is -2.35. The van der Waals surface area contributed by atoms with Crippen molar-refractivity contribution in [2.75, 3.05) is 6.61 Å². The fourth-order valence-electron chi connectivity index (χ4n) is 3.41. The largest absolute Gasteiger partial charge is 0.444 e. The monoisotopic (exact) mass is 553 g/mol. The van der Waals surface area contributed by atoms with Crippen molar-refractivity contribution in [3.63, 3.8) is 0 Å². The standard InChI is InChI=1S/C25H39N3O5S2Si/c1-23(2,3)33-22(30)28-18(13-31-25(28,7)8)21-27-17(15-35-21)19(29)11-20-26-16(14-34-20)12-32-36(9,10)24(4,5)6/h14-15,18H,11-13H2,1-10H3/t18-/m0/s1. The molecule has 1 amide bonds. The molecule has 2 aromatic heterocycles. The van der Waals surface area contributed by atoms with E-state index >= 15 is 0 Å². The lowest BCUT2D eigenvalue weighted by molar-refractivity contribution is -0.0626. The summed E-state index contributed by atoms with van der Waals surface area (Å²) in [5, 5.41) is 5.22. The zero-order valence-electron chi connectivity index (χ0n) is 23.1. The molecule has 1 fully saturated rings. The Morgan fingerprint density at radius 2 is 1.81 bits per heavy atom. The van der Waals surface area contributed by atoms with Crippen LogP contribution in [-0.4, -0.2) is 53.0 Å². The van der Waals surface area contributed by atoms with Crippen molar-refractivity contribution >= 4 is 42.9 Å². The summed E-state index contributed by atoms with van der Waals surface area (Å²) in [6.07, 6.45) is -0.288. The highest BCUT2D eigenvalue weighted by atomic mass is 32.1. The number of ether oxygens (including phenoxy) is 2. The maximum atomic E-state index is 13.0. The number of thiazole rings is 2. The Bertz CT molecular complexity index is 1100. The Labute approximate surface area is 223 Å². The Morgan fingerprint density at radius 3 is 2.42 bits per heavy atom. The zero-order chi connectivity index (χ0) is 27.1. The van der Waals surface area contributed by atoms with Gasteiger partial charge in [-0.3, -0.25) is 9.69 Å². The lowest BCUT2D eigenvalue weighted by atomic mass is 10.2. The van der Waals surface area contributed by atoms with Crippen LogP contribution in [0.25, 0.3) is 0 Å². The number of carbonyl (C=O) groups excluding carboxylic acids is 2. The highest BCUT2D eigenvalue weighted by Gasteiger charge is 2.47. The van der Waals surface area contributed by atoms with Crippen LogP contribution in [0.2, 0.25) is 18.1 Å². The summed E-state index contributed by atoms with van der Waals surface area (Å²) >= 11 is 2.81. The molecule has 1 atom stereocenters. The summed E-state index contributed by atoms with van der Waals surface area (Å²) in [7, 11) is -1.87. The van der Waals surface area contributed by atoms with E-state index in [0.717, 1.165) is 10.7 Å². The highest BCUT2D eigenvalue weighted by molar-refractivity contribution is 7.10. The van der Waals surface area contributed by atoms with Crippen molar-refractivity contribution in [3.05, 3.63) is 32.2 Å². The molecule has 0 bridgehead atoms. The zero-order valence-corrected chi connectivity index (χ0v) is 25.7. The van der Waals surface area contributed by atoms with Crippen LogP contribution in [0.1, 0.15) is 87.6 Å². The van der Waals surface area contributed by atoms with Crippen LogP contribution in [0, 0.1) is 0 Å². The number of rotatable bonds is 7. The van der Waals surface area contributed by atoms with E-state index in [0.29, 0.717) is 17.3 Å². The predicted molar refractivity (Wildman–Crippen MR) is 145 cm³/mol. The predicted octanol–water partition coefficient (Wildman–Crippen LogP) is 6.59. The van der Waals surface area contributed by atoms with Crippen molar-refractivity contribution in [2.45, 2.75) is 104 Å². The van der Waals surface area contributed by atoms with Crippen LogP contribution >= 0.6 is 22.7 Å². The van der Waals surface area contributed by atoms with Crippen molar-refractivity contribution < 1.29 is 23.5 Å². The summed E-state index contributed by atoms with van der Waals surface area (Å²) < 4.78 is 17.7. The van der Waals surface area contributed by atoms with Crippen LogP contribution in [0.15, 0.2) is 10.8 Å². The number of nitrogens with zero attached hydrogens (tertiary/aromatic N) is 3. The molecule has 0 saturated carbocycles. The maximum Gasteiger partial charge on any atom is 0.413 e. The summed E-state index contributed by atoms with van der Waals surface area (Å²) in [5.41, 5.74) is -0.248. The number of Topliss-reactive ketones (excluding diaryl/α,β-unsaturated/α-hetero) is 1. The molecule has 0 aromatic carbocycles. The first-order valence-corrected chi connectivity index (χ1v) is 16.8. The smallest absolute Gasteiger partial charge is 0.413 e. The van der Waals surface area contributed by atoms with Gasteiger partial charge in [-0.2, -0.15) is 0 Å². The van der Waals surface area contributed by atoms with Crippen molar-refractivity contribution in [1.82, 2.24) is 14.9 Å². The normalized spacial score (nSPS) is 18.5. The molecule has 200 valence electrons. The topological polar surface area (TPSA) is 90.9 Å². The maximum absolute atomic E-state index is 13.0. The van der Waals surface area contributed by atoms with Crippen molar-refractivity contribution in [1.29, 1.82) is 0 Å². The Morgan fingerprint density at radius 1 is 1.14 bits per heavy atom. The van der Waals surface area contributed by atoms with Crippen molar-refractivity contribution in [2.24, 2.45) is 0 Å². The summed E-state index contributed by atoms with van der Waals surface area (Å²) in [6.45, 7) is 20.9. The first-order chi connectivity index (χ1) is 16.4.